The normalized spacial score (nSPS) is 21.5. The first-order valence-corrected chi connectivity index (χ1v) is 3.73. The lowest BCUT2D eigenvalue weighted by molar-refractivity contribution is -0.104. The monoisotopic (exact) mass is 156 g/mol. The van der Waals surface area contributed by atoms with Crippen LogP contribution in [0.15, 0.2) is 11.1 Å². The van der Waals surface area contributed by atoms with Gasteiger partial charge in [-0.2, -0.15) is 0 Å². The van der Waals surface area contributed by atoms with Crippen LogP contribution in [0.3, 0.4) is 0 Å². The quantitative estimate of drug-likeness (QED) is 0.443. The van der Waals surface area contributed by atoms with Gasteiger partial charge in [0.05, 0.1) is 0 Å². The number of carbonyl (C=O) groups excluding carboxylic acids is 1. The average Bonchev–Trinajstić information content (AvgIpc) is 2.38. The van der Waals surface area contributed by atoms with Crippen LogP contribution in [0.2, 0.25) is 0 Å². The smallest absolute Gasteiger partial charge is 0.144 e. The van der Waals surface area contributed by atoms with Crippen molar-refractivity contribution in [2.45, 2.75) is 19.3 Å². The maximum absolute atomic E-state index is 9.98. The van der Waals surface area contributed by atoms with Crippen molar-refractivity contribution >= 4 is 17.9 Å². The molecule has 0 aliphatic heterocycles. The highest BCUT2D eigenvalue weighted by atomic mass is 35.5. The zero-order chi connectivity index (χ0) is 7.40. The first-order valence-electron chi connectivity index (χ1n) is 3.35. The number of hydrogen-bond donors (Lipinski definition) is 0. The minimum absolute atomic E-state index is 0.604. The Labute approximate surface area is 66.1 Å². The number of halogens is 1. The van der Waals surface area contributed by atoms with Gasteiger partial charge < -0.3 is 0 Å². The molecule has 1 saturated carbocycles. The summed E-state index contributed by atoms with van der Waals surface area (Å²) in [7, 11) is 0. The minimum atomic E-state index is 0.604. The highest BCUT2D eigenvalue weighted by Gasteiger charge is 2.18. The fourth-order valence-electron chi connectivity index (χ4n) is 1.05. The van der Waals surface area contributed by atoms with Crippen molar-refractivity contribution in [1.29, 1.82) is 0 Å². The molecule has 0 heterocycles. The van der Waals surface area contributed by atoms with Gasteiger partial charge in [-0.25, -0.2) is 0 Å². The maximum atomic E-state index is 9.98. The minimum Gasteiger partial charge on any atom is -0.299 e. The van der Waals surface area contributed by atoms with Crippen LogP contribution in [0, 0.1) is 12.3 Å². The van der Waals surface area contributed by atoms with Crippen LogP contribution in [-0.2, 0) is 4.79 Å². The van der Waals surface area contributed by atoms with Crippen molar-refractivity contribution in [3.63, 3.8) is 0 Å². The fraction of sp³-hybridized carbons (Fsp3) is 0.375. The first kappa shape index (κ1) is 7.80. The summed E-state index contributed by atoms with van der Waals surface area (Å²) in [6.07, 6.45) is 7.49. The summed E-state index contributed by atoms with van der Waals surface area (Å²) >= 11 is 5.75. The van der Waals surface area contributed by atoms with E-state index in [2.05, 4.69) is 6.42 Å². The summed E-state index contributed by atoms with van der Waals surface area (Å²) in [6.45, 7) is 0. The van der Waals surface area contributed by atoms with E-state index in [0.29, 0.717) is 5.03 Å². The first-order chi connectivity index (χ1) is 4.84. The molecule has 0 unspecified atom stereocenters. The molecule has 0 aromatic carbocycles. The third-order valence-corrected chi connectivity index (χ3v) is 1.93. The number of carbonyl (C=O) groups is 1. The lowest BCUT2D eigenvalue weighted by Crippen LogP contribution is -1.89. The molecule has 0 N–H and O–H groups in total. The third kappa shape index (κ3) is 1.84. The van der Waals surface area contributed by atoms with Gasteiger partial charge >= 0.3 is 0 Å². The molecule has 0 spiro atoms. The Morgan fingerprint density at radius 2 is 2.50 bits per heavy atom. The third-order valence-electron chi connectivity index (χ3n) is 1.56. The van der Waals surface area contributed by atoms with Crippen LogP contribution < -0.4 is 0 Å². The summed E-state index contributed by atoms with van der Waals surface area (Å²) in [4.78, 5) is 9.98. The lowest BCUT2D eigenvalue weighted by atomic mass is 10.1. The molecule has 0 atom stereocenters. The second-order valence-electron chi connectivity index (χ2n) is 2.27. The molecule has 0 saturated heterocycles. The Bertz CT molecular complexity index is 145. The molecule has 0 bridgehead atoms. The summed E-state index contributed by atoms with van der Waals surface area (Å²) in [5.41, 5.74) is 0. The number of allylic oxidation sites excluding steroid dienone is 2. The Balaban J connectivity index is 2.46. The number of aldehydes is 1. The van der Waals surface area contributed by atoms with Crippen LogP contribution in [0.1, 0.15) is 19.3 Å². The molecule has 1 aliphatic rings. The van der Waals surface area contributed by atoms with Crippen LogP contribution in [0.25, 0.3) is 0 Å². The molecule has 1 rings (SSSR count). The summed E-state index contributed by atoms with van der Waals surface area (Å²) < 4.78 is 0. The molecule has 1 nitrogen and oxygen atoms in total. The molecule has 0 aromatic heterocycles. The van der Waals surface area contributed by atoms with E-state index in [1.807, 2.05) is 0 Å². The molecular formula is C8H9ClO. The van der Waals surface area contributed by atoms with Crippen molar-refractivity contribution in [2.75, 3.05) is 0 Å². The SMILES string of the molecule is O=C/C=C(\Cl)[C]1[CH]CCC1. The lowest BCUT2D eigenvalue weighted by Gasteiger charge is -2.02. The maximum Gasteiger partial charge on any atom is 0.144 e. The Morgan fingerprint density at radius 3 is 3.00 bits per heavy atom. The highest BCUT2D eigenvalue weighted by molar-refractivity contribution is 6.32. The van der Waals surface area contributed by atoms with E-state index in [1.165, 1.54) is 6.08 Å². The van der Waals surface area contributed by atoms with Gasteiger partial charge in [0.2, 0.25) is 0 Å². The molecule has 0 aromatic rings. The number of rotatable bonds is 2. The average molecular weight is 157 g/mol. The van der Waals surface area contributed by atoms with Gasteiger partial charge in [-0.15, -0.1) is 0 Å². The van der Waals surface area contributed by atoms with Crippen molar-refractivity contribution in [1.82, 2.24) is 0 Å². The fourth-order valence-corrected chi connectivity index (χ4v) is 1.28. The summed E-state index contributed by atoms with van der Waals surface area (Å²) in [5, 5.41) is 0.604. The molecule has 1 fully saturated rings. The zero-order valence-electron chi connectivity index (χ0n) is 5.64. The van der Waals surface area contributed by atoms with Crippen LogP contribution in [0.4, 0.5) is 0 Å². The van der Waals surface area contributed by atoms with E-state index in [4.69, 9.17) is 11.6 Å². The largest absolute Gasteiger partial charge is 0.299 e. The second-order valence-corrected chi connectivity index (χ2v) is 2.68. The molecule has 0 amide bonds. The summed E-state index contributed by atoms with van der Waals surface area (Å²) in [5.74, 6) is 1.12. The van der Waals surface area contributed by atoms with E-state index in [-0.39, 0.29) is 0 Å². The standard InChI is InChI=1S/C8H9ClO/c9-8(5-6-10)7-3-1-2-4-7/h3,5-6H,1-2,4H2/b8-5-. The van der Waals surface area contributed by atoms with Gasteiger partial charge in [-0.3, -0.25) is 4.79 Å². The molecule has 54 valence electrons. The van der Waals surface area contributed by atoms with Gasteiger partial charge in [-0.05, 0) is 25.3 Å². The molecule has 10 heavy (non-hydrogen) atoms. The van der Waals surface area contributed by atoms with E-state index < -0.39 is 0 Å². The van der Waals surface area contributed by atoms with Crippen molar-refractivity contribution in [3.8, 4) is 0 Å². The van der Waals surface area contributed by atoms with Crippen LogP contribution >= 0.6 is 11.6 Å². The van der Waals surface area contributed by atoms with E-state index in [1.54, 1.807) is 0 Å². The van der Waals surface area contributed by atoms with E-state index in [0.717, 1.165) is 31.5 Å². The number of hydrogen-bond acceptors (Lipinski definition) is 1. The molecule has 2 heteroatoms. The second kappa shape index (κ2) is 3.77. The van der Waals surface area contributed by atoms with Gasteiger partial charge in [0.25, 0.3) is 0 Å². The highest BCUT2D eigenvalue weighted by Crippen LogP contribution is 2.33. The molecule has 1 aliphatic carbocycles. The van der Waals surface area contributed by atoms with E-state index in [9.17, 15) is 4.79 Å². The summed E-state index contributed by atoms with van der Waals surface area (Å²) in [6, 6.07) is 0. The van der Waals surface area contributed by atoms with Gasteiger partial charge in [0, 0.05) is 11.0 Å². The Hall–Kier alpha value is -0.300. The molecular weight excluding hydrogens is 148 g/mol. The van der Waals surface area contributed by atoms with Gasteiger partial charge in [0.15, 0.2) is 0 Å². The van der Waals surface area contributed by atoms with E-state index >= 15 is 0 Å². The zero-order valence-corrected chi connectivity index (χ0v) is 6.40. The Morgan fingerprint density at radius 1 is 1.70 bits per heavy atom. The van der Waals surface area contributed by atoms with Crippen molar-refractivity contribution < 1.29 is 4.79 Å². The topological polar surface area (TPSA) is 17.1 Å². The van der Waals surface area contributed by atoms with Gasteiger partial charge in [0.1, 0.15) is 6.29 Å². The predicted octanol–water partition coefficient (Wildman–Crippen LogP) is 2.27. The molecule has 2 radical (unpaired) electrons. The Kier molecular flexibility index (Phi) is 2.94. The van der Waals surface area contributed by atoms with Crippen molar-refractivity contribution in [3.05, 3.63) is 23.4 Å². The van der Waals surface area contributed by atoms with Crippen LogP contribution in [0.5, 0.6) is 0 Å². The van der Waals surface area contributed by atoms with Crippen LogP contribution in [-0.4, -0.2) is 6.29 Å². The predicted molar refractivity (Wildman–Crippen MR) is 41.4 cm³/mol. The van der Waals surface area contributed by atoms with Gasteiger partial charge in [-0.1, -0.05) is 18.0 Å². The van der Waals surface area contributed by atoms with Crippen molar-refractivity contribution in [2.24, 2.45) is 0 Å².